The van der Waals surface area contributed by atoms with E-state index in [2.05, 4.69) is 47.5 Å². The number of nitrogens with two attached hydrogens (primary N) is 3. The monoisotopic (exact) mass is 1400 g/mol. The molecule has 2 aromatic rings. The number of carbonyl (C=O) groups is 15. The van der Waals surface area contributed by atoms with Crippen LogP contribution in [0.4, 0.5) is 0 Å². The number of carboxylic acid groups (broad SMARTS) is 3. The molecule has 0 aromatic heterocycles. The van der Waals surface area contributed by atoms with Gasteiger partial charge in [-0.3, -0.25) is 72.1 Å². The fraction of sp³-hybridized carbons (Fsp3) is 0.533. The first-order chi connectivity index (χ1) is 46.3. The molecule has 1 fully saturated rings. The van der Waals surface area contributed by atoms with E-state index in [-0.39, 0.29) is 69.7 Å². The van der Waals surface area contributed by atoms with Gasteiger partial charge in [-0.15, -0.1) is 0 Å². The minimum absolute atomic E-state index is 0.0301. The number of nitrogens with zero attached hydrogens (tertiary/aromatic N) is 2. The number of rotatable bonds is 42. The number of nitrogens with one attached hydrogen (secondary N) is 11. The third kappa shape index (κ3) is 28.3. The molecule has 1 aliphatic rings. The second-order valence-electron chi connectivity index (χ2n) is 22.7. The Bertz CT molecular complexity index is 3150. The molecule has 0 radical (unpaired) electrons. The van der Waals surface area contributed by atoms with Gasteiger partial charge in [0.15, 0.2) is 5.96 Å². The fourth-order valence-corrected chi connectivity index (χ4v) is 10.1. The molecule has 1 saturated heterocycles. The number of hydrogen-bond donors (Lipinski definition) is 20. The van der Waals surface area contributed by atoms with E-state index < -0.39 is 200 Å². The fourth-order valence-electron chi connectivity index (χ4n) is 9.58. The van der Waals surface area contributed by atoms with Crippen molar-refractivity contribution in [2.75, 3.05) is 44.9 Å². The molecule has 23 N–H and O–H groups in total. The number of amides is 12. The quantitative estimate of drug-likeness (QED) is 0.0167. The Hall–Kier alpha value is -10.1. The van der Waals surface area contributed by atoms with Crippen molar-refractivity contribution in [1.29, 1.82) is 0 Å². The Kier molecular flexibility index (Phi) is 35.1. The molecule has 1 aliphatic heterocycles. The van der Waals surface area contributed by atoms with Gasteiger partial charge in [-0.2, -0.15) is 11.8 Å². The van der Waals surface area contributed by atoms with Crippen LogP contribution in [0.3, 0.4) is 0 Å². The van der Waals surface area contributed by atoms with Crippen LogP contribution in [0.1, 0.15) is 76.8 Å². The van der Waals surface area contributed by atoms with Crippen LogP contribution in [-0.2, 0) is 84.8 Å². The lowest BCUT2D eigenvalue weighted by molar-refractivity contribution is -0.144. The molecule has 0 saturated carbocycles. The Morgan fingerprint density at radius 3 is 1.55 bits per heavy atom. The molecular formula is C60H88N16O21S. The number of benzene rings is 2. The third-order valence-corrected chi connectivity index (χ3v) is 15.5. The number of aliphatic imine (C=N–C) groups is 1. The van der Waals surface area contributed by atoms with E-state index in [0.29, 0.717) is 11.1 Å². The highest BCUT2D eigenvalue weighted by Gasteiger charge is 2.40. The number of aliphatic hydroxyl groups is 3. The van der Waals surface area contributed by atoms with E-state index in [1.807, 2.05) is 16.0 Å². The van der Waals surface area contributed by atoms with Crippen molar-refractivity contribution in [3.8, 4) is 0 Å². The van der Waals surface area contributed by atoms with E-state index in [1.54, 1.807) is 66.9 Å². The highest BCUT2D eigenvalue weighted by atomic mass is 32.2. The molecule has 1 heterocycles. The molecular weight excluding hydrogens is 1310 g/mol. The van der Waals surface area contributed by atoms with Gasteiger partial charge in [0.05, 0.1) is 38.7 Å². The molecule has 37 nitrogen and oxygen atoms in total. The van der Waals surface area contributed by atoms with Crippen molar-refractivity contribution >= 4 is 107 Å². The van der Waals surface area contributed by atoms with E-state index in [4.69, 9.17) is 22.3 Å². The maximum Gasteiger partial charge on any atom is 0.326 e. The molecule has 3 rings (SSSR count). The Morgan fingerprint density at radius 2 is 1.04 bits per heavy atom. The number of guanidine groups is 1. The maximum atomic E-state index is 14.2. The zero-order valence-corrected chi connectivity index (χ0v) is 55.0. The van der Waals surface area contributed by atoms with Crippen LogP contribution in [0.25, 0.3) is 0 Å². The molecule has 13 atom stereocenters. The number of hydrogen-bond acceptors (Lipinski definition) is 21. The summed E-state index contributed by atoms with van der Waals surface area (Å²) >= 11 is 1.30. The zero-order chi connectivity index (χ0) is 73.3. The number of likely N-dealkylation sites (tertiary alicyclic amines) is 1. The second kappa shape index (κ2) is 41.8. The smallest absolute Gasteiger partial charge is 0.326 e. The molecule has 0 bridgehead atoms. The van der Waals surface area contributed by atoms with Crippen molar-refractivity contribution in [3.05, 3.63) is 71.8 Å². The van der Waals surface area contributed by atoms with Gasteiger partial charge in [-0.25, -0.2) is 4.79 Å². The summed E-state index contributed by atoms with van der Waals surface area (Å²) in [4.78, 5) is 203. The van der Waals surface area contributed by atoms with Crippen LogP contribution in [0, 0.1) is 0 Å². The van der Waals surface area contributed by atoms with Crippen LogP contribution in [0.5, 0.6) is 0 Å². The molecule has 0 spiro atoms. The lowest BCUT2D eigenvalue weighted by Crippen LogP contribution is -2.61. The van der Waals surface area contributed by atoms with Crippen molar-refractivity contribution < 1.29 is 103 Å². The summed E-state index contributed by atoms with van der Waals surface area (Å²) in [5.74, 6) is -17.3. The number of thioether (sulfide) groups is 1. The maximum absolute atomic E-state index is 14.2. The minimum atomic E-state index is -2.09. The van der Waals surface area contributed by atoms with Crippen molar-refractivity contribution in [2.45, 2.75) is 157 Å². The van der Waals surface area contributed by atoms with Crippen LogP contribution >= 0.6 is 11.8 Å². The van der Waals surface area contributed by atoms with E-state index in [0.717, 1.165) is 18.7 Å². The van der Waals surface area contributed by atoms with Gasteiger partial charge in [-0.1, -0.05) is 60.7 Å². The molecule has 0 aliphatic carbocycles. The molecule has 2 aromatic carbocycles. The van der Waals surface area contributed by atoms with Gasteiger partial charge in [0.1, 0.15) is 72.5 Å². The van der Waals surface area contributed by atoms with Crippen LogP contribution in [0.15, 0.2) is 65.7 Å². The number of carboxylic acids is 3. The number of aliphatic hydroxyl groups excluding tert-OH is 3. The van der Waals surface area contributed by atoms with Crippen LogP contribution in [-0.4, -0.2) is 254 Å². The first kappa shape index (κ1) is 82.2. The molecule has 38 heteroatoms. The summed E-state index contributed by atoms with van der Waals surface area (Å²) in [5, 5.41) is 84.5. The third-order valence-electron chi connectivity index (χ3n) is 14.8. The SMILES string of the molecule is CSCC[C@H](NC(=O)[C@@H](NC(=O)CNC(=O)[C@H](Cc1ccccc1)NC(=O)[C@@H]1CCCN1C(=O)[C@H](C)NC(=O)[C@H](CO)NC(=O)[C@H](CC(=O)O)NC(=O)[C@H](CC(=O)O)NC(=O)[C@H](C)NC(=O)[C@@H](N)CO)[C@@H](C)O)C(=O)N[C@@H](CCCN=C(N)N)C(=O)N[C@@H](Cc1ccccc1)C(=O)O. The lowest BCUT2D eigenvalue weighted by Gasteiger charge is -2.29. The number of aliphatic carboxylic acids is 3. The summed E-state index contributed by atoms with van der Waals surface area (Å²) in [7, 11) is 0. The molecule has 0 unspecified atom stereocenters. The average Bonchev–Trinajstić information content (AvgIpc) is 1.69. The molecule has 12 amide bonds. The van der Waals surface area contributed by atoms with Gasteiger partial charge in [0.25, 0.3) is 0 Å². The lowest BCUT2D eigenvalue weighted by atomic mass is 10.0. The summed E-state index contributed by atoms with van der Waals surface area (Å²) in [6.07, 6.45) is -2.21. The topological polar surface area (TPSA) is 603 Å². The van der Waals surface area contributed by atoms with Crippen molar-refractivity contribution in [2.24, 2.45) is 22.2 Å². The summed E-state index contributed by atoms with van der Waals surface area (Å²) in [5.41, 5.74) is 17.5. The van der Waals surface area contributed by atoms with Crippen LogP contribution < -0.4 is 75.7 Å². The standard InChI is InChI=1S/C60H88N16O21S/c1-30(66-49(86)35(61)28-77)48(85)70-39(25-45(81)82)53(90)71-40(26-46(83)84)54(91)74-42(29-78)55(92)67-31(2)58(95)76-21-12-18-43(76)56(93)72-38(23-33-13-7-5-8-14-33)50(87)65-27-44(80)75-47(32(3)79)57(94)69-37(19-22-98-4)52(89)68-36(17-11-20-64-60(62)63)51(88)73-41(59(96)97)24-34-15-9-6-10-16-34/h5-10,13-16,30-32,35-43,47,77-79H,11-12,17-29,61H2,1-4H3,(H,65,87)(H,66,86)(H,67,92)(H,68,89)(H,69,94)(H,70,85)(H,71,90)(H,72,93)(H,73,88)(H,74,91)(H,75,80)(H,81,82)(H,83,84)(H,96,97)(H4,62,63,64)/t30-,31-,32+,35-,36-,37-,38-,39-,40-,41-,42-,43-,47-/m0/s1. The average molecular weight is 1400 g/mol. The highest BCUT2D eigenvalue weighted by molar-refractivity contribution is 7.98. The van der Waals surface area contributed by atoms with Crippen molar-refractivity contribution in [1.82, 2.24) is 63.4 Å². The normalized spacial score (nSPS) is 16.2. The largest absolute Gasteiger partial charge is 0.481 e. The van der Waals surface area contributed by atoms with E-state index in [1.165, 1.54) is 18.7 Å². The second-order valence-corrected chi connectivity index (χ2v) is 23.7. The molecule has 540 valence electrons. The van der Waals surface area contributed by atoms with Crippen LogP contribution in [0.2, 0.25) is 0 Å². The minimum Gasteiger partial charge on any atom is -0.481 e. The predicted octanol–water partition coefficient (Wildman–Crippen LogP) is -8.00. The van der Waals surface area contributed by atoms with Gasteiger partial charge in [-0.05, 0) is 76.0 Å². The van der Waals surface area contributed by atoms with Gasteiger partial charge < -0.3 is 111 Å². The summed E-state index contributed by atoms with van der Waals surface area (Å²) in [6.45, 7) is 0.623. The Morgan fingerprint density at radius 1 is 0.561 bits per heavy atom. The number of carbonyl (C=O) groups excluding carboxylic acids is 12. The Balaban J connectivity index is 1.73. The summed E-state index contributed by atoms with van der Waals surface area (Å²) in [6, 6.07) is -2.39. The van der Waals surface area contributed by atoms with E-state index >= 15 is 0 Å². The zero-order valence-electron chi connectivity index (χ0n) is 54.2. The molecule has 98 heavy (non-hydrogen) atoms. The predicted molar refractivity (Wildman–Crippen MR) is 348 cm³/mol. The first-order valence-corrected chi connectivity index (χ1v) is 32.2. The van der Waals surface area contributed by atoms with Gasteiger partial charge in [0, 0.05) is 25.9 Å². The Labute approximate surface area is 566 Å². The van der Waals surface area contributed by atoms with Gasteiger partial charge >= 0.3 is 17.9 Å². The van der Waals surface area contributed by atoms with Gasteiger partial charge in [0.2, 0.25) is 70.9 Å². The highest BCUT2D eigenvalue weighted by Crippen LogP contribution is 2.20. The summed E-state index contributed by atoms with van der Waals surface area (Å²) < 4.78 is 0. The first-order valence-electron chi connectivity index (χ1n) is 30.9. The van der Waals surface area contributed by atoms with Crippen molar-refractivity contribution in [3.63, 3.8) is 0 Å². The van der Waals surface area contributed by atoms with E-state index in [9.17, 15) is 97.5 Å².